The lowest BCUT2D eigenvalue weighted by Gasteiger charge is -2.19. The van der Waals surface area contributed by atoms with Crippen molar-refractivity contribution in [3.05, 3.63) is 63.7 Å². The number of nitrogens with zero attached hydrogens (tertiary/aromatic N) is 3. The van der Waals surface area contributed by atoms with Gasteiger partial charge in [0.25, 0.3) is 5.69 Å². The number of hydrogen-bond acceptors (Lipinski definition) is 5. The first-order valence-corrected chi connectivity index (χ1v) is 8.51. The van der Waals surface area contributed by atoms with Crippen molar-refractivity contribution in [2.24, 2.45) is 0 Å². The van der Waals surface area contributed by atoms with Gasteiger partial charge in [0.1, 0.15) is 11.9 Å². The number of nitro benzene ring substituents is 1. The number of imidazole rings is 1. The first kappa shape index (κ1) is 17.8. The van der Waals surface area contributed by atoms with Crippen LogP contribution in [0.2, 0.25) is 0 Å². The maximum Gasteiger partial charge on any atom is 0.419 e. The van der Waals surface area contributed by atoms with Crippen molar-refractivity contribution in [2.75, 3.05) is 0 Å². The van der Waals surface area contributed by atoms with Crippen LogP contribution in [0.15, 0.2) is 36.8 Å². The minimum atomic E-state index is -0.601. The van der Waals surface area contributed by atoms with E-state index in [1.165, 1.54) is 17.0 Å². The standard InChI is InChI=1S/C19H21N3O4/c1-19(2,3)26-18(23)21-11-16(20-12-21)14-7-4-5-8-15-13(14)9-6-10-17(15)22(24)25/h6-7,9-12H,4-5,8H2,1-3H3. The number of nitro groups is 1. The average Bonchev–Trinajstić information content (AvgIpc) is 2.93. The largest absolute Gasteiger partial charge is 0.443 e. The Bertz CT molecular complexity index is 890. The molecule has 1 heterocycles. The van der Waals surface area contributed by atoms with E-state index in [1.807, 2.05) is 12.1 Å². The van der Waals surface area contributed by atoms with E-state index in [0.717, 1.165) is 24.0 Å². The first-order chi connectivity index (χ1) is 12.3. The van der Waals surface area contributed by atoms with E-state index in [9.17, 15) is 14.9 Å². The molecule has 0 aliphatic heterocycles. The van der Waals surface area contributed by atoms with Gasteiger partial charge in [-0.2, -0.15) is 0 Å². The molecule has 0 unspecified atom stereocenters. The van der Waals surface area contributed by atoms with Crippen LogP contribution >= 0.6 is 0 Å². The molecular formula is C19H21N3O4. The van der Waals surface area contributed by atoms with Crippen LogP contribution in [0.5, 0.6) is 0 Å². The van der Waals surface area contributed by atoms with Gasteiger partial charge in [-0.1, -0.05) is 18.2 Å². The minimum Gasteiger partial charge on any atom is -0.443 e. The van der Waals surface area contributed by atoms with Crippen molar-refractivity contribution in [2.45, 2.75) is 45.6 Å². The summed E-state index contributed by atoms with van der Waals surface area (Å²) in [5.74, 6) is 0. The summed E-state index contributed by atoms with van der Waals surface area (Å²) in [6.07, 6.45) is 6.79. The predicted octanol–water partition coefficient (Wildman–Crippen LogP) is 4.34. The van der Waals surface area contributed by atoms with E-state index in [0.29, 0.717) is 17.7 Å². The van der Waals surface area contributed by atoms with Crippen molar-refractivity contribution >= 4 is 17.4 Å². The number of carbonyl (C=O) groups excluding carboxylic acids is 1. The lowest BCUT2D eigenvalue weighted by Crippen LogP contribution is -2.26. The molecule has 0 bridgehead atoms. The molecule has 0 fully saturated rings. The van der Waals surface area contributed by atoms with Gasteiger partial charge >= 0.3 is 6.09 Å². The van der Waals surface area contributed by atoms with Crippen LogP contribution in [0.4, 0.5) is 10.5 Å². The zero-order valence-corrected chi connectivity index (χ0v) is 15.1. The van der Waals surface area contributed by atoms with Crippen molar-refractivity contribution in [1.29, 1.82) is 0 Å². The summed E-state index contributed by atoms with van der Waals surface area (Å²) >= 11 is 0. The lowest BCUT2D eigenvalue weighted by atomic mass is 9.96. The Labute approximate surface area is 151 Å². The summed E-state index contributed by atoms with van der Waals surface area (Å²) in [7, 11) is 0. The quantitative estimate of drug-likeness (QED) is 0.590. The third-order valence-corrected chi connectivity index (χ3v) is 4.08. The Hall–Kier alpha value is -2.96. The number of fused-ring (bicyclic) bond motifs is 1. The molecule has 136 valence electrons. The molecule has 0 radical (unpaired) electrons. The molecule has 0 amide bonds. The fourth-order valence-corrected chi connectivity index (χ4v) is 3.01. The summed E-state index contributed by atoms with van der Waals surface area (Å²) in [5.41, 5.74) is 2.44. The van der Waals surface area contributed by atoms with Crippen molar-refractivity contribution in [3.8, 4) is 0 Å². The molecule has 0 spiro atoms. The molecular weight excluding hydrogens is 334 g/mol. The molecule has 0 saturated heterocycles. The Balaban J connectivity index is 1.99. The van der Waals surface area contributed by atoms with Gasteiger partial charge in [-0.25, -0.2) is 14.3 Å². The number of ether oxygens (including phenoxy) is 1. The zero-order valence-electron chi connectivity index (χ0n) is 15.1. The Morgan fingerprint density at radius 1 is 1.35 bits per heavy atom. The van der Waals surface area contributed by atoms with Gasteiger partial charge in [-0.05, 0) is 45.6 Å². The van der Waals surface area contributed by atoms with Gasteiger partial charge in [-0.3, -0.25) is 10.1 Å². The molecule has 1 aromatic carbocycles. The molecule has 26 heavy (non-hydrogen) atoms. The zero-order chi connectivity index (χ0) is 18.9. The highest BCUT2D eigenvalue weighted by Gasteiger charge is 2.24. The first-order valence-electron chi connectivity index (χ1n) is 8.51. The average molecular weight is 355 g/mol. The van der Waals surface area contributed by atoms with Crippen LogP contribution in [-0.4, -0.2) is 26.2 Å². The SMILES string of the molecule is CC(C)(C)OC(=O)n1cnc(C2=CCCCc3c2cccc3[N+](=O)[O-])c1. The smallest absolute Gasteiger partial charge is 0.419 e. The molecule has 1 aromatic heterocycles. The van der Waals surface area contributed by atoms with Crippen LogP contribution in [0.1, 0.15) is 50.4 Å². The maximum atomic E-state index is 12.2. The summed E-state index contributed by atoms with van der Waals surface area (Å²) in [4.78, 5) is 27.5. The topological polar surface area (TPSA) is 87.3 Å². The van der Waals surface area contributed by atoms with Gasteiger partial charge in [-0.15, -0.1) is 0 Å². The molecule has 1 aliphatic carbocycles. The van der Waals surface area contributed by atoms with Gasteiger partial charge in [0.2, 0.25) is 0 Å². The molecule has 3 rings (SSSR count). The highest BCUT2D eigenvalue weighted by Crippen LogP contribution is 2.34. The van der Waals surface area contributed by atoms with Crippen LogP contribution in [-0.2, 0) is 11.2 Å². The summed E-state index contributed by atoms with van der Waals surface area (Å²) < 4.78 is 6.64. The second-order valence-corrected chi connectivity index (χ2v) is 7.22. The van der Waals surface area contributed by atoms with E-state index in [-0.39, 0.29) is 10.6 Å². The second kappa shape index (κ2) is 6.74. The highest BCUT2D eigenvalue weighted by molar-refractivity contribution is 5.82. The van der Waals surface area contributed by atoms with E-state index >= 15 is 0 Å². The number of rotatable bonds is 2. The summed E-state index contributed by atoms with van der Waals surface area (Å²) in [6, 6.07) is 5.08. The molecule has 0 saturated carbocycles. The van der Waals surface area contributed by atoms with Crippen molar-refractivity contribution < 1.29 is 14.5 Å². The van der Waals surface area contributed by atoms with Crippen LogP contribution in [0.3, 0.4) is 0 Å². The molecule has 1 aliphatic rings. The number of allylic oxidation sites excluding steroid dienone is 1. The van der Waals surface area contributed by atoms with Gasteiger partial charge in [0.05, 0.1) is 10.6 Å². The summed E-state index contributed by atoms with van der Waals surface area (Å²) in [5, 5.41) is 11.4. The van der Waals surface area contributed by atoms with Crippen molar-refractivity contribution in [3.63, 3.8) is 0 Å². The van der Waals surface area contributed by atoms with Crippen LogP contribution < -0.4 is 0 Å². The van der Waals surface area contributed by atoms with Crippen LogP contribution in [0, 0.1) is 10.1 Å². The van der Waals surface area contributed by atoms with Gasteiger partial charge < -0.3 is 4.74 Å². The number of hydrogen-bond donors (Lipinski definition) is 0. The van der Waals surface area contributed by atoms with E-state index < -0.39 is 11.7 Å². The van der Waals surface area contributed by atoms with E-state index in [1.54, 1.807) is 33.0 Å². The predicted molar refractivity (Wildman–Crippen MR) is 97.0 cm³/mol. The van der Waals surface area contributed by atoms with E-state index in [2.05, 4.69) is 4.98 Å². The van der Waals surface area contributed by atoms with Gasteiger partial charge in [0, 0.05) is 23.4 Å². The molecule has 2 aromatic rings. The Morgan fingerprint density at radius 2 is 2.12 bits per heavy atom. The molecule has 7 nitrogen and oxygen atoms in total. The lowest BCUT2D eigenvalue weighted by molar-refractivity contribution is -0.385. The Morgan fingerprint density at radius 3 is 2.81 bits per heavy atom. The molecule has 7 heteroatoms. The number of benzene rings is 1. The van der Waals surface area contributed by atoms with Crippen molar-refractivity contribution in [1.82, 2.24) is 9.55 Å². The number of aromatic nitrogens is 2. The van der Waals surface area contributed by atoms with Crippen LogP contribution in [0.25, 0.3) is 5.57 Å². The van der Waals surface area contributed by atoms with Gasteiger partial charge in [0.15, 0.2) is 0 Å². The second-order valence-electron chi connectivity index (χ2n) is 7.22. The minimum absolute atomic E-state index is 0.127. The molecule has 0 N–H and O–H groups in total. The monoisotopic (exact) mass is 355 g/mol. The fourth-order valence-electron chi connectivity index (χ4n) is 3.01. The highest BCUT2D eigenvalue weighted by atomic mass is 16.6. The number of carbonyl (C=O) groups is 1. The fraction of sp³-hybridized carbons (Fsp3) is 0.368. The third-order valence-electron chi connectivity index (χ3n) is 4.08. The normalized spacial score (nSPS) is 14.2. The molecule has 0 atom stereocenters. The summed E-state index contributed by atoms with van der Waals surface area (Å²) in [6.45, 7) is 5.39. The maximum absolute atomic E-state index is 12.2. The van der Waals surface area contributed by atoms with E-state index in [4.69, 9.17) is 4.74 Å². The Kier molecular flexibility index (Phi) is 4.63. The third kappa shape index (κ3) is 3.66.